The Kier molecular flexibility index (Phi) is 9.51. The van der Waals surface area contributed by atoms with E-state index in [2.05, 4.69) is 51.7 Å². The molecule has 194 valence electrons. The molecule has 1 aromatic heterocycles. The summed E-state index contributed by atoms with van der Waals surface area (Å²) in [4.78, 5) is 22.8. The van der Waals surface area contributed by atoms with Gasteiger partial charge in [-0.05, 0) is 67.4 Å². The van der Waals surface area contributed by atoms with E-state index in [1.54, 1.807) is 14.2 Å². The Morgan fingerprint density at radius 2 is 1.67 bits per heavy atom. The van der Waals surface area contributed by atoms with E-state index < -0.39 is 0 Å². The Hall–Kier alpha value is -2.90. The van der Waals surface area contributed by atoms with E-state index in [1.165, 1.54) is 16.9 Å². The van der Waals surface area contributed by atoms with Gasteiger partial charge in [0, 0.05) is 23.1 Å². The second-order valence-electron chi connectivity index (χ2n) is 9.75. The van der Waals surface area contributed by atoms with E-state index in [-0.39, 0.29) is 11.3 Å². The summed E-state index contributed by atoms with van der Waals surface area (Å²) in [5, 5.41) is 2.65. The molecule has 0 unspecified atom stereocenters. The van der Waals surface area contributed by atoms with Crippen molar-refractivity contribution in [2.45, 2.75) is 46.5 Å². The van der Waals surface area contributed by atoms with Gasteiger partial charge in [-0.3, -0.25) is 9.69 Å². The molecule has 0 bridgehead atoms. The van der Waals surface area contributed by atoms with Crippen LogP contribution in [-0.4, -0.2) is 56.2 Å². The van der Waals surface area contributed by atoms with E-state index >= 15 is 0 Å². The molecule has 3 aromatic rings. The average Bonchev–Trinajstić information content (AvgIpc) is 3.37. The largest absolute Gasteiger partial charge is 0.497 e. The summed E-state index contributed by atoms with van der Waals surface area (Å²) in [5.41, 5.74) is 3.50. The van der Waals surface area contributed by atoms with E-state index in [9.17, 15) is 4.79 Å². The highest BCUT2D eigenvalue weighted by Crippen LogP contribution is 2.36. The molecule has 0 N–H and O–H groups in total. The smallest absolute Gasteiger partial charge is 0.260 e. The van der Waals surface area contributed by atoms with Gasteiger partial charge in [0.25, 0.3) is 5.91 Å². The fourth-order valence-corrected chi connectivity index (χ4v) is 4.92. The van der Waals surface area contributed by atoms with Gasteiger partial charge in [0.15, 0.2) is 5.13 Å². The molecule has 1 amide bonds. The maximum atomic E-state index is 13.7. The topological polar surface area (TPSA) is 54.9 Å². The minimum atomic E-state index is -0.0338. The van der Waals surface area contributed by atoms with Gasteiger partial charge in [-0.15, -0.1) is 11.3 Å². The van der Waals surface area contributed by atoms with Crippen molar-refractivity contribution in [2.24, 2.45) is 0 Å². The number of hydrogen-bond acceptors (Lipinski definition) is 6. The van der Waals surface area contributed by atoms with Gasteiger partial charge in [0.05, 0.1) is 19.9 Å². The van der Waals surface area contributed by atoms with Gasteiger partial charge in [-0.1, -0.05) is 46.8 Å². The maximum Gasteiger partial charge on any atom is 0.260 e. The number of ether oxygens (including phenoxy) is 2. The third-order valence-electron chi connectivity index (χ3n) is 6.40. The highest BCUT2D eigenvalue weighted by Gasteiger charge is 2.23. The number of carbonyl (C=O) groups excluding carboxylic acids is 1. The van der Waals surface area contributed by atoms with Gasteiger partial charge in [-0.25, -0.2) is 4.98 Å². The third kappa shape index (κ3) is 6.65. The minimum absolute atomic E-state index is 0.0328. The van der Waals surface area contributed by atoms with E-state index in [4.69, 9.17) is 14.5 Å². The number of nitrogens with zero attached hydrogens (tertiary/aromatic N) is 3. The van der Waals surface area contributed by atoms with E-state index in [1.807, 2.05) is 40.6 Å². The van der Waals surface area contributed by atoms with Crippen molar-refractivity contribution in [1.82, 2.24) is 9.88 Å². The summed E-state index contributed by atoms with van der Waals surface area (Å²) in [7, 11) is 3.28. The molecule has 0 fully saturated rings. The van der Waals surface area contributed by atoms with Crippen molar-refractivity contribution < 1.29 is 14.3 Å². The Morgan fingerprint density at radius 1 is 0.972 bits per heavy atom. The van der Waals surface area contributed by atoms with Crippen molar-refractivity contribution in [2.75, 3.05) is 45.3 Å². The third-order valence-corrected chi connectivity index (χ3v) is 7.26. The van der Waals surface area contributed by atoms with Gasteiger partial charge in [-0.2, -0.15) is 0 Å². The minimum Gasteiger partial charge on any atom is -0.497 e. The fourth-order valence-electron chi connectivity index (χ4n) is 4.07. The second kappa shape index (κ2) is 12.4. The summed E-state index contributed by atoms with van der Waals surface area (Å²) in [6, 6.07) is 13.6. The van der Waals surface area contributed by atoms with Crippen molar-refractivity contribution in [3.8, 4) is 22.8 Å². The molecule has 7 heteroatoms. The Balaban J connectivity index is 1.93. The van der Waals surface area contributed by atoms with Gasteiger partial charge < -0.3 is 14.4 Å². The summed E-state index contributed by atoms with van der Waals surface area (Å²) in [5.74, 6) is 1.41. The molecule has 0 atom stereocenters. The number of benzene rings is 2. The molecule has 0 saturated heterocycles. The van der Waals surface area contributed by atoms with Gasteiger partial charge >= 0.3 is 0 Å². The van der Waals surface area contributed by atoms with Crippen LogP contribution in [0.3, 0.4) is 0 Å². The van der Waals surface area contributed by atoms with Crippen LogP contribution in [0.1, 0.15) is 57.0 Å². The van der Waals surface area contributed by atoms with E-state index in [0.29, 0.717) is 23.0 Å². The zero-order valence-corrected chi connectivity index (χ0v) is 23.4. The summed E-state index contributed by atoms with van der Waals surface area (Å²) in [6.07, 6.45) is 0.866. The molecule has 6 nitrogen and oxygen atoms in total. The number of aromatic nitrogens is 1. The first-order valence-corrected chi connectivity index (χ1v) is 13.4. The molecular formula is C29H39N3O3S. The van der Waals surface area contributed by atoms with Crippen LogP contribution in [0.25, 0.3) is 11.3 Å². The second-order valence-corrected chi connectivity index (χ2v) is 10.6. The molecule has 36 heavy (non-hydrogen) atoms. The van der Waals surface area contributed by atoms with Gasteiger partial charge in [0.1, 0.15) is 11.5 Å². The molecule has 0 aliphatic rings. The van der Waals surface area contributed by atoms with Crippen LogP contribution in [0.4, 0.5) is 5.13 Å². The lowest BCUT2D eigenvalue weighted by atomic mass is 9.86. The SMILES string of the molecule is CCN(CC)CCCN(C(=O)c1ccc(C(C)(C)C)cc1)c1nc(-c2cc(OC)ccc2OC)cs1. The predicted octanol–water partition coefficient (Wildman–Crippen LogP) is 6.50. The molecule has 3 rings (SSSR count). The highest BCUT2D eigenvalue weighted by atomic mass is 32.1. The Morgan fingerprint density at radius 3 is 2.25 bits per heavy atom. The molecule has 0 aliphatic heterocycles. The predicted molar refractivity (Wildman–Crippen MR) is 150 cm³/mol. The number of anilines is 1. The lowest BCUT2D eigenvalue weighted by molar-refractivity contribution is 0.0985. The number of carbonyl (C=O) groups is 1. The standard InChI is InChI=1S/C29H39N3O3S/c1-8-31(9-2)17-10-18-32(27(33)21-11-13-22(14-12-21)29(3,4)5)28-30-25(20-36-28)24-19-23(34-6)15-16-26(24)35-7/h11-16,19-20H,8-10,17-18H2,1-7H3. The lowest BCUT2D eigenvalue weighted by Crippen LogP contribution is -2.34. The number of methoxy groups -OCH3 is 2. The monoisotopic (exact) mass is 509 g/mol. The molecule has 0 radical (unpaired) electrons. The average molecular weight is 510 g/mol. The number of thiazole rings is 1. The highest BCUT2D eigenvalue weighted by molar-refractivity contribution is 7.14. The van der Waals surface area contributed by atoms with E-state index in [0.717, 1.165) is 43.1 Å². The first-order chi connectivity index (χ1) is 17.2. The van der Waals surface area contributed by atoms with Gasteiger partial charge in [0.2, 0.25) is 0 Å². The number of rotatable bonds is 11. The fraction of sp³-hybridized carbons (Fsp3) is 0.448. The van der Waals surface area contributed by atoms with Crippen LogP contribution in [0.5, 0.6) is 11.5 Å². The zero-order chi connectivity index (χ0) is 26.3. The van der Waals surface area contributed by atoms with Crippen LogP contribution < -0.4 is 14.4 Å². The first-order valence-electron chi connectivity index (χ1n) is 12.5. The van der Waals surface area contributed by atoms with Crippen molar-refractivity contribution >= 4 is 22.4 Å². The van der Waals surface area contributed by atoms with Crippen LogP contribution >= 0.6 is 11.3 Å². The normalized spacial score (nSPS) is 11.6. The molecule has 0 spiro atoms. The summed E-state index contributed by atoms with van der Waals surface area (Å²) in [6.45, 7) is 14.4. The Bertz CT molecular complexity index is 1130. The maximum absolute atomic E-state index is 13.7. The number of amides is 1. The van der Waals surface area contributed by atoms with Crippen molar-refractivity contribution in [3.05, 3.63) is 59.0 Å². The van der Waals surface area contributed by atoms with Crippen LogP contribution in [0.2, 0.25) is 0 Å². The zero-order valence-electron chi connectivity index (χ0n) is 22.6. The quantitative estimate of drug-likeness (QED) is 0.295. The van der Waals surface area contributed by atoms with Crippen molar-refractivity contribution in [3.63, 3.8) is 0 Å². The summed E-state index contributed by atoms with van der Waals surface area (Å²) < 4.78 is 11.0. The van der Waals surface area contributed by atoms with Crippen molar-refractivity contribution in [1.29, 1.82) is 0 Å². The molecule has 0 aliphatic carbocycles. The summed E-state index contributed by atoms with van der Waals surface area (Å²) >= 11 is 1.47. The van der Waals surface area contributed by atoms with Crippen LogP contribution in [-0.2, 0) is 5.41 Å². The van der Waals surface area contributed by atoms with Crippen LogP contribution in [0.15, 0.2) is 47.8 Å². The molecule has 2 aromatic carbocycles. The molecular weight excluding hydrogens is 470 g/mol. The Labute approximate surface area is 219 Å². The molecule has 1 heterocycles. The lowest BCUT2D eigenvalue weighted by Gasteiger charge is -2.24. The van der Waals surface area contributed by atoms with Crippen LogP contribution in [0, 0.1) is 0 Å². The first kappa shape index (κ1) is 27.7. The molecule has 0 saturated carbocycles. The number of hydrogen-bond donors (Lipinski definition) is 0.